The van der Waals surface area contributed by atoms with E-state index in [1.165, 1.54) is 13.3 Å². The number of carbonyl (C=O) groups is 2. The summed E-state index contributed by atoms with van der Waals surface area (Å²) in [5, 5.41) is 4.12. The second kappa shape index (κ2) is 6.33. The topological polar surface area (TPSA) is 86.6 Å². The number of aryl methyl sites for hydroxylation is 1. The summed E-state index contributed by atoms with van der Waals surface area (Å²) in [5.41, 5.74) is 1.98. The van der Waals surface area contributed by atoms with Crippen molar-refractivity contribution in [2.24, 2.45) is 13.0 Å². The second-order valence-corrected chi connectivity index (χ2v) is 5.44. The number of fused-ring (bicyclic) bond motifs is 1. The quantitative estimate of drug-likeness (QED) is 0.737. The minimum atomic E-state index is -0.472. The number of hydrogen-bond acceptors (Lipinski definition) is 6. The normalized spacial score (nSPS) is 18.7. The summed E-state index contributed by atoms with van der Waals surface area (Å²) in [6.07, 6.45) is 3.18. The molecule has 1 saturated heterocycles. The highest BCUT2D eigenvalue weighted by molar-refractivity contribution is 5.97. The van der Waals surface area contributed by atoms with Gasteiger partial charge in [-0.15, -0.1) is 0 Å². The van der Waals surface area contributed by atoms with Crippen molar-refractivity contribution in [1.29, 1.82) is 0 Å². The van der Waals surface area contributed by atoms with Crippen molar-refractivity contribution < 1.29 is 19.1 Å². The molecule has 0 aromatic carbocycles. The predicted molar refractivity (Wildman–Crippen MR) is 80.7 cm³/mol. The van der Waals surface area contributed by atoms with E-state index in [0.717, 1.165) is 11.0 Å². The molecule has 1 fully saturated rings. The van der Waals surface area contributed by atoms with Crippen molar-refractivity contribution in [3.63, 3.8) is 0 Å². The Morgan fingerprint density at radius 2 is 2.22 bits per heavy atom. The van der Waals surface area contributed by atoms with Crippen LogP contribution in [0.5, 0.6) is 0 Å². The highest BCUT2D eigenvalue weighted by Crippen LogP contribution is 2.16. The summed E-state index contributed by atoms with van der Waals surface area (Å²) in [6.45, 7) is 1.35. The molecular formula is C15H18N4O4. The van der Waals surface area contributed by atoms with Crippen LogP contribution in [0, 0.1) is 5.92 Å². The third-order valence-corrected chi connectivity index (χ3v) is 3.93. The fourth-order valence-electron chi connectivity index (χ4n) is 2.63. The molecular weight excluding hydrogens is 300 g/mol. The predicted octanol–water partition coefficient (Wildman–Crippen LogP) is 0.230. The van der Waals surface area contributed by atoms with Gasteiger partial charge in [0.05, 0.1) is 43.5 Å². The molecule has 1 amide bonds. The average Bonchev–Trinajstić information content (AvgIpc) is 2.79. The zero-order valence-corrected chi connectivity index (χ0v) is 13.1. The van der Waals surface area contributed by atoms with Gasteiger partial charge in [-0.1, -0.05) is 0 Å². The molecule has 23 heavy (non-hydrogen) atoms. The van der Waals surface area contributed by atoms with Crippen LogP contribution < -0.4 is 0 Å². The number of hydrogen-bond donors (Lipinski definition) is 0. The molecule has 0 aliphatic carbocycles. The zero-order valence-electron chi connectivity index (χ0n) is 13.1. The molecule has 3 heterocycles. The van der Waals surface area contributed by atoms with Crippen LogP contribution in [0.1, 0.15) is 10.4 Å². The van der Waals surface area contributed by atoms with Crippen LogP contribution in [0.2, 0.25) is 0 Å². The number of amides is 1. The maximum Gasteiger partial charge on any atom is 0.312 e. The monoisotopic (exact) mass is 318 g/mol. The number of methoxy groups -OCH3 is 1. The summed E-state index contributed by atoms with van der Waals surface area (Å²) in [4.78, 5) is 30.3. The van der Waals surface area contributed by atoms with Gasteiger partial charge in [-0.2, -0.15) is 5.10 Å². The third-order valence-electron chi connectivity index (χ3n) is 3.93. The van der Waals surface area contributed by atoms with E-state index in [-0.39, 0.29) is 25.0 Å². The number of pyridine rings is 1. The number of aromatic nitrogens is 3. The molecule has 1 unspecified atom stereocenters. The lowest BCUT2D eigenvalue weighted by atomic mass is 10.1. The Morgan fingerprint density at radius 1 is 1.39 bits per heavy atom. The lowest BCUT2D eigenvalue weighted by Gasteiger charge is -2.22. The Labute approximate surface area is 133 Å². The van der Waals surface area contributed by atoms with Gasteiger partial charge in [0.25, 0.3) is 5.91 Å². The van der Waals surface area contributed by atoms with E-state index in [0.29, 0.717) is 18.7 Å². The fourth-order valence-corrected chi connectivity index (χ4v) is 2.63. The van der Waals surface area contributed by atoms with Crippen molar-refractivity contribution in [3.8, 4) is 0 Å². The van der Waals surface area contributed by atoms with Crippen LogP contribution in [0.3, 0.4) is 0 Å². The molecule has 1 aliphatic heterocycles. The third kappa shape index (κ3) is 3.02. The van der Waals surface area contributed by atoms with E-state index in [1.54, 1.807) is 28.9 Å². The van der Waals surface area contributed by atoms with Crippen LogP contribution in [-0.2, 0) is 21.3 Å². The van der Waals surface area contributed by atoms with Gasteiger partial charge in [0.2, 0.25) is 0 Å². The first-order valence-electron chi connectivity index (χ1n) is 7.32. The van der Waals surface area contributed by atoms with Gasteiger partial charge >= 0.3 is 5.97 Å². The van der Waals surface area contributed by atoms with Gasteiger partial charge in [-0.3, -0.25) is 19.3 Å². The van der Waals surface area contributed by atoms with Crippen molar-refractivity contribution in [3.05, 3.63) is 24.0 Å². The standard InChI is InChI=1S/C15H18N4O4/c1-18-13-5-10(6-16-12(13)7-17-18)14(20)19-3-4-23-9-11(8-19)15(21)22-2/h5-7,11H,3-4,8-9H2,1-2H3. The van der Waals surface area contributed by atoms with Gasteiger partial charge in [0.1, 0.15) is 5.52 Å². The summed E-state index contributed by atoms with van der Waals surface area (Å²) < 4.78 is 11.8. The molecule has 0 bridgehead atoms. The minimum absolute atomic E-state index is 0.181. The molecule has 122 valence electrons. The van der Waals surface area contributed by atoms with Gasteiger partial charge in [0.15, 0.2) is 0 Å². The molecule has 2 aromatic rings. The van der Waals surface area contributed by atoms with E-state index in [1.807, 2.05) is 0 Å². The van der Waals surface area contributed by atoms with Crippen LogP contribution in [-0.4, -0.2) is 65.0 Å². The van der Waals surface area contributed by atoms with Crippen LogP contribution >= 0.6 is 0 Å². The highest BCUT2D eigenvalue weighted by atomic mass is 16.5. The molecule has 0 N–H and O–H groups in total. The van der Waals surface area contributed by atoms with Crippen molar-refractivity contribution in [1.82, 2.24) is 19.7 Å². The van der Waals surface area contributed by atoms with Gasteiger partial charge in [-0.25, -0.2) is 0 Å². The maximum atomic E-state index is 12.7. The average molecular weight is 318 g/mol. The Bertz CT molecular complexity index is 742. The first kappa shape index (κ1) is 15.4. The summed E-state index contributed by atoms with van der Waals surface area (Å²) >= 11 is 0. The Balaban J connectivity index is 1.84. The van der Waals surface area contributed by atoms with Crippen molar-refractivity contribution in [2.45, 2.75) is 0 Å². The van der Waals surface area contributed by atoms with Gasteiger partial charge in [-0.05, 0) is 6.07 Å². The van der Waals surface area contributed by atoms with E-state index in [4.69, 9.17) is 9.47 Å². The SMILES string of the molecule is COC(=O)C1COCCN(C(=O)c2cnc3cnn(C)c3c2)C1. The molecule has 0 spiro atoms. The van der Waals surface area contributed by atoms with Gasteiger partial charge < -0.3 is 14.4 Å². The molecule has 2 aromatic heterocycles. The molecule has 0 radical (unpaired) electrons. The largest absolute Gasteiger partial charge is 0.469 e. The molecule has 8 nitrogen and oxygen atoms in total. The van der Waals surface area contributed by atoms with Crippen molar-refractivity contribution in [2.75, 3.05) is 33.4 Å². The number of rotatable bonds is 2. The van der Waals surface area contributed by atoms with E-state index in [2.05, 4.69) is 10.1 Å². The molecule has 1 atom stereocenters. The van der Waals surface area contributed by atoms with Crippen LogP contribution in [0.25, 0.3) is 11.0 Å². The Morgan fingerprint density at radius 3 is 3.00 bits per heavy atom. The molecule has 0 saturated carbocycles. The fraction of sp³-hybridized carbons (Fsp3) is 0.467. The van der Waals surface area contributed by atoms with E-state index >= 15 is 0 Å². The van der Waals surface area contributed by atoms with Crippen LogP contribution in [0.15, 0.2) is 18.5 Å². The summed E-state index contributed by atoms with van der Waals surface area (Å²) in [7, 11) is 3.13. The van der Waals surface area contributed by atoms with E-state index in [9.17, 15) is 9.59 Å². The Hall–Kier alpha value is -2.48. The number of esters is 1. The second-order valence-electron chi connectivity index (χ2n) is 5.44. The number of carbonyl (C=O) groups excluding carboxylic acids is 2. The molecule has 1 aliphatic rings. The van der Waals surface area contributed by atoms with E-state index < -0.39 is 5.92 Å². The highest BCUT2D eigenvalue weighted by Gasteiger charge is 2.28. The molecule has 8 heteroatoms. The maximum absolute atomic E-state index is 12.7. The zero-order chi connectivity index (χ0) is 16.4. The first-order valence-corrected chi connectivity index (χ1v) is 7.32. The minimum Gasteiger partial charge on any atom is -0.469 e. The summed E-state index contributed by atoms with van der Waals surface area (Å²) in [6, 6.07) is 1.76. The lowest BCUT2D eigenvalue weighted by Crippen LogP contribution is -2.38. The smallest absolute Gasteiger partial charge is 0.312 e. The number of ether oxygens (including phenoxy) is 2. The van der Waals surface area contributed by atoms with Crippen molar-refractivity contribution >= 4 is 22.9 Å². The lowest BCUT2D eigenvalue weighted by molar-refractivity contribution is -0.147. The van der Waals surface area contributed by atoms with Gasteiger partial charge in [0, 0.05) is 26.3 Å². The van der Waals surface area contributed by atoms with Crippen LogP contribution in [0.4, 0.5) is 0 Å². The number of nitrogens with zero attached hydrogens (tertiary/aromatic N) is 4. The summed E-state index contributed by atoms with van der Waals surface area (Å²) in [5.74, 6) is -1.02. The Kier molecular flexibility index (Phi) is 4.24. The first-order chi connectivity index (χ1) is 11.1. The molecule has 3 rings (SSSR count).